The maximum atomic E-state index is 13.9. The number of ether oxygens (including phenoxy) is 2. The smallest absolute Gasteiger partial charge is 0.315 e. The minimum absolute atomic E-state index is 0.194. The van der Waals surface area contributed by atoms with Crippen molar-refractivity contribution in [3.63, 3.8) is 0 Å². The SMILES string of the molecule is CC1(C)O[C@H](c2ccc(-c3ccc(CN4CCCC45COC5)nc3)cc2)[C@@H](CF)N1C(=O)C(F)F. The van der Waals surface area contributed by atoms with Gasteiger partial charge in [0, 0.05) is 18.3 Å². The van der Waals surface area contributed by atoms with E-state index >= 15 is 0 Å². The van der Waals surface area contributed by atoms with Gasteiger partial charge in [-0.05, 0) is 50.4 Å². The molecule has 1 spiro atoms. The number of alkyl halides is 3. The molecule has 0 saturated carbocycles. The molecule has 188 valence electrons. The Morgan fingerprint density at radius 1 is 1.14 bits per heavy atom. The van der Waals surface area contributed by atoms with Crippen LogP contribution in [0, 0.1) is 0 Å². The van der Waals surface area contributed by atoms with Crippen molar-refractivity contribution < 1.29 is 27.4 Å². The fourth-order valence-electron chi connectivity index (χ4n) is 5.61. The predicted molar refractivity (Wildman–Crippen MR) is 123 cm³/mol. The first-order valence-electron chi connectivity index (χ1n) is 12.0. The molecule has 1 aromatic carbocycles. The van der Waals surface area contributed by atoms with E-state index in [1.54, 1.807) is 12.1 Å². The highest BCUT2D eigenvalue weighted by Gasteiger charge is 2.52. The lowest BCUT2D eigenvalue weighted by Gasteiger charge is -2.45. The van der Waals surface area contributed by atoms with Gasteiger partial charge in [-0.2, -0.15) is 8.78 Å². The van der Waals surface area contributed by atoms with Crippen molar-refractivity contribution in [3.05, 3.63) is 53.9 Å². The molecule has 0 bridgehead atoms. The highest BCUT2D eigenvalue weighted by Crippen LogP contribution is 2.42. The van der Waals surface area contributed by atoms with Gasteiger partial charge in [0.25, 0.3) is 5.91 Å². The van der Waals surface area contributed by atoms with Crippen molar-refractivity contribution in [1.82, 2.24) is 14.8 Å². The first kappa shape index (κ1) is 24.2. The molecule has 3 fully saturated rings. The number of nitrogens with zero attached hydrogens (tertiary/aromatic N) is 3. The minimum Gasteiger partial charge on any atom is -0.377 e. The number of likely N-dealkylation sites (tertiary alicyclic amines) is 1. The lowest BCUT2D eigenvalue weighted by Crippen LogP contribution is -2.58. The van der Waals surface area contributed by atoms with Crippen LogP contribution in [0.2, 0.25) is 0 Å². The predicted octanol–water partition coefficient (Wildman–Crippen LogP) is 4.35. The van der Waals surface area contributed by atoms with Gasteiger partial charge < -0.3 is 14.4 Å². The lowest BCUT2D eigenvalue weighted by molar-refractivity contribution is -0.159. The summed E-state index contributed by atoms with van der Waals surface area (Å²) in [6.45, 7) is 5.49. The number of halogens is 3. The largest absolute Gasteiger partial charge is 0.377 e. The van der Waals surface area contributed by atoms with E-state index in [-0.39, 0.29) is 5.54 Å². The molecule has 2 aromatic rings. The molecule has 0 N–H and O–H groups in total. The average molecular weight is 490 g/mol. The first-order valence-corrected chi connectivity index (χ1v) is 12.0. The van der Waals surface area contributed by atoms with E-state index in [4.69, 9.17) is 9.47 Å². The second-order valence-corrected chi connectivity index (χ2v) is 10.1. The van der Waals surface area contributed by atoms with Gasteiger partial charge in [-0.3, -0.25) is 14.7 Å². The number of carbonyl (C=O) groups excluding carboxylic acids is 1. The molecule has 3 saturated heterocycles. The number of amides is 1. The lowest BCUT2D eigenvalue weighted by atomic mass is 9.94. The van der Waals surface area contributed by atoms with Crippen LogP contribution < -0.4 is 0 Å². The quantitative estimate of drug-likeness (QED) is 0.604. The summed E-state index contributed by atoms with van der Waals surface area (Å²) in [6.07, 6.45) is 0.147. The van der Waals surface area contributed by atoms with Gasteiger partial charge in [0.2, 0.25) is 0 Å². The Hall–Kier alpha value is -2.49. The topological polar surface area (TPSA) is 54.9 Å². The van der Waals surface area contributed by atoms with E-state index in [1.807, 2.05) is 30.5 Å². The van der Waals surface area contributed by atoms with Gasteiger partial charge in [0.05, 0.1) is 30.5 Å². The Morgan fingerprint density at radius 3 is 2.43 bits per heavy atom. The standard InChI is InChI=1S/C26H30F3N3O3/c1-25(2)32(24(33)23(28)29)21(12-27)22(35-25)18-6-4-17(5-7-18)19-8-9-20(30-13-19)14-31-11-3-10-26(31)15-34-16-26/h4-9,13,21-23H,3,10-12,14-16H2,1-2H3/t21-,22-/m1/s1. The van der Waals surface area contributed by atoms with Crippen molar-refractivity contribution in [2.45, 2.75) is 63.1 Å². The molecule has 1 amide bonds. The summed E-state index contributed by atoms with van der Waals surface area (Å²) in [5, 5.41) is 0. The second-order valence-electron chi connectivity index (χ2n) is 10.1. The zero-order valence-electron chi connectivity index (χ0n) is 19.9. The van der Waals surface area contributed by atoms with E-state index in [0.29, 0.717) is 5.56 Å². The molecule has 1 aromatic heterocycles. The van der Waals surface area contributed by atoms with Crippen LogP contribution in [-0.4, -0.2) is 70.9 Å². The molecular weight excluding hydrogens is 459 g/mol. The molecule has 3 aliphatic heterocycles. The van der Waals surface area contributed by atoms with Crippen LogP contribution in [0.15, 0.2) is 42.6 Å². The van der Waals surface area contributed by atoms with Gasteiger partial charge in [0.1, 0.15) is 18.5 Å². The Morgan fingerprint density at radius 2 is 1.86 bits per heavy atom. The molecule has 0 radical (unpaired) electrons. The molecule has 9 heteroatoms. The van der Waals surface area contributed by atoms with Gasteiger partial charge in [-0.25, -0.2) is 4.39 Å². The van der Waals surface area contributed by atoms with Crippen LogP contribution in [0.25, 0.3) is 11.1 Å². The molecule has 35 heavy (non-hydrogen) atoms. The number of aromatic nitrogens is 1. The molecule has 6 nitrogen and oxygen atoms in total. The Balaban J connectivity index is 1.29. The van der Waals surface area contributed by atoms with Crippen LogP contribution in [0.5, 0.6) is 0 Å². The maximum Gasteiger partial charge on any atom is 0.315 e. The third-order valence-electron chi connectivity index (χ3n) is 7.49. The number of carbonyl (C=O) groups is 1. The molecular formula is C26H30F3N3O3. The van der Waals surface area contributed by atoms with Crippen molar-refractivity contribution in [3.8, 4) is 11.1 Å². The summed E-state index contributed by atoms with van der Waals surface area (Å²) in [5.41, 5.74) is 2.35. The van der Waals surface area contributed by atoms with Crippen molar-refractivity contribution in [1.29, 1.82) is 0 Å². The highest BCUT2D eigenvalue weighted by molar-refractivity contribution is 5.80. The summed E-state index contributed by atoms with van der Waals surface area (Å²) in [5.74, 6) is -1.42. The Labute approximate surface area is 203 Å². The molecule has 4 heterocycles. The van der Waals surface area contributed by atoms with E-state index < -0.39 is 36.9 Å². The summed E-state index contributed by atoms with van der Waals surface area (Å²) in [6, 6.07) is 10.3. The number of benzene rings is 1. The monoisotopic (exact) mass is 489 g/mol. The number of pyridine rings is 1. The average Bonchev–Trinajstić information content (AvgIpc) is 3.37. The molecule has 2 atom stereocenters. The van der Waals surface area contributed by atoms with Crippen LogP contribution in [0.1, 0.15) is 44.1 Å². The van der Waals surface area contributed by atoms with E-state index in [9.17, 15) is 18.0 Å². The van der Waals surface area contributed by atoms with E-state index in [2.05, 4.69) is 9.88 Å². The summed E-state index contributed by atoms with van der Waals surface area (Å²) >= 11 is 0. The fraction of sp³-hybridized carbons (Fsp3) is 0.538. The van der Waals surface area contributed by atoms with Gasteiger partial charge in [0.15, 0.2) is 0 Å². The van der Waals surface area contributed by atoms with Crippen LogP contribution in [0.3, 0.4) is 0 Å². The molecule has 0 unspecified atom stereocenters. The first-order chi connectivity index (χ1) is 16.7. The number of hydrogen-bond acceptors (Lipinski definition) is 5. The molecule has 3 aliphatic rings. The summed E-state index contributed by atoms with van der Waals surface area (Å²) in [7, 11) is 0. The van der Waals surface area contributed by atoms with Gasteiger partial charge in [-0.1, -0.05) is 30.3 Å². The third kappa shape index (κ3) is 4.34. The van der Waals surface area contributed by atoms with E-state index in [0.717, 1.165) is 48.0 Å². The minimum atomic E-state index is -3.22. The number of rotatable bonds is 6. The maximum absolute atomic E-state index is 13.9. The Kier molecular flexibility index (Phi) is 6.35. The van der Waals surface area contributed by atoms with Crippen LogP contribution in [0.4, 0.5) is 13.2 Å². The van der Waals surface area contributed by atoms with Gasteiger partial charge >= 0.3 is 6.43 Å². The second kappa shape index (κ2) is 9.19. The normalized spacial score (nSPS) is 25.4. The summed E-state index contributed by atoms with van der Waals surface area (Å²) in [4.78, 5) is 20.0. The van der Waals surface area contributed by atoms with Crippen molar-refractivity contribution in [2.75, 3.05) is 26.4 Å². The Bertz CT molecular complexity index is 1060. The van der Waals surface area contributed by atoms with Crippen LogP contribution >= 0.6 is 0 Å². The zero-order valence-corrected chi connectivity index (χ0v) is 19.9. The zero-order chi connectivity index (χ0) is 24.8. The summed E-state index contributed by atoms with van der Waals surface area (Å²) < 4.78 is 51.5. The number of hydrogen-bond donors (Lipinski definition) is 0. The fourth-order valence-corrected chi connectivity index (χ4v) is 5.61. The molecule has 0 aliphatic carbocycles. The molecule has 5 rings (SSSR count). The van der Waals surface area contributed by atoms with Gasteiger partial charge in [-0.15, -0.1) is 0 Å². The van der Waals surface area contributed by atoms with Crippen molar-refractivity contribution in [2.24, 2.45) is 0 Å². The highest BCUT2D eigenvalue weighted by atomic mass is 19.3. The van der Waals surface area contributed by atoms with E-state index in [1.165, 1.54) is 26.7 Å². The van der Waals surface area contributed by atoms with Crippen LogP contribution in [-0.2, 0) is 20.8 Å². The third-order valence-corrected chi connectivity index (χ3v) is 7.49. The van der Waals surface area contributed by atoms with Crippen molar-refractivity contribution >= 4 is 5.91 Å².